The van der Waals surface area contributed by atoms with E-state index in [1.54, 1.807) is 6.20 Å². The summed E-state index contributed by atoms with van der Waals surface area (Å²) in [7, 11) is 0. The molecule has 4 nitrogen and oxygen atoms in total. The number of fused-ring (bicyclic) bond motifs is 1. The fourth-order valence-corrected chi connectivity index (χ4v) is 2.97. The quantitative estimate of drug-likeness (QED) is 0.754. The maximum absolute atomic E-state index is 9.84. The van der Waals surface area contributed by atoms with Gasteiger partial charge in [-0.15, -0.1) is 0 Å². The van der Waals surface area contributed by atoms with Crippen molar-refractivity contribution in [2.24, 2.45) is 0 Å². The standard InChI is InChI=1S/C15H15N3OS/c1-9(2)13-14(19)18-15(20-13)17-12-5-3-4-10-8-16-7-6-11(10)12/h3-9,19H,1-2H3,(H,17,18). The summed E-state index contributed by atoms with van der Waals surface area (Å²) in [5.74, 6) is 0.383. The van der Waals surface area contributed by atoms with E-state index in [0.717, 1.165) is 21.3 Å². The van der Waals surface area contributed by atoms with Crippen LogP contribution >= 0.6 is 11.3 Å². The van der Waals surface area contributed by atoms with Gasteiger partial charge in [-0.1, -0.05) is 37.3 Å². The molecule has 5 heteroatoms. The minimum Gasteiger partial charge on any atom is -0.492 e. The molecule has 20 heavy (non-hydrogen) atoms. The van der Waals surface area contributed by atoms with Crippen LogP contribution in [0, 0.1) is 0 Å². The molecule has 0 saturated heterocycles. The Kier molecular flexibility index (Phi) is 3.28. The number of nitrogens with one attached hydrogen (secondary N) is 1. The predicted octanol–water partition coefficient (Wildman–Crippen LogP) is 4.26. The van der Waals surface area contributed by atoms with Crippen LogP contribution in [0.3, 0.4) is 0 Å². The average Bonchev–Trinajstić information content (AvgIpc) is 2.80. The van der Waals surface area contributed by atoms with Crippen LogP contribution in [0.25, 0.3) is 10.8 Å². The molecule has 1 aromatic carbocycles. The van der Waals surface area contributed by atoms with Crippen molar-refractivity contribution in [1.82, 2.24) is 9.97 Å². The minimum absolute atomic E-state index is 0.120. The Morgan fingerprint density at radius 2 is 2.10 bits per heavy atom. The van der Waals surface area contributed by atoms with Gasteiger partial charge in [-0.2, -0.15) is 4.98 Å². The zero-order chi connectivity index (χ0) is 14.1. The van der Waals surface area contributed by atoms with Crippen molar-refractivity contribution < 1.29 is 5.11 Å². The van der Waals surface area contributed by atoms with Gasteiger partial charge in [0, 0.05) is 28.9 Å². The molecule has 0 radical (unpaired) electrons. The topological polar surface area (TPSA) is 58.0 Å². The predicted molar refractivity (Wildman–Crippen MR) is 82.9 cm³/mol. The fourth-order valence-electron chi connectivity index (χ4n) is 2.10. The number of aromatic hydroxyl groups is 1. The van der Waals surface area contributed by atoms with E-state index in [1.165, 1.54) is 11.3 Å². The van der Waals surface area contributed by atoms with Crippen LogP contribution in [0.15, 0.2) is 36.7 Å². The smallest absolute Gasteiger partial charge is 0.227 e. The van der Waals surface area contributed by atoms with Crippen molar-refractivity contribution in [1.29, 1.82) is 0 Å². The van der Waals surface area contributed by atoms with Crippen LogP contribution in [-0.4, -0.2) is 15.1 Å². The van der Waals surface area contributed by atoms with Gasteiger partial charge < -0.3 is 10.4 Å². The molecule has 0 aliphatic rings. The highest BCUT2D eigenvalue weighted by Gasteiger charge is 2.13. The van der Waals surface area contributed by atoms with Gasteiger partial charge in [-0.05, 0) is 18.1 Å². The Morgan fingerprint density at radius 3 is 2.85 bits per heavy atom. The van der Waals surface area contributed by atoms with Gasteiger partial charge in [-0.3, -0.25) is 4.98 Å². The van der Waals surface area contributed by atoms with Crippen molar-refractivity contribution in [2.75, 3.05) is 5.32 Å². The number of anilines is 2. The number of hydrogen-bond acceptors (Lipinski definition) is 5. The van der Waals surface area contributed by atoms with Crippen LogP contribution in [-0.2, 0) is 0 Å². The zero-order valence-electron chi connectivity index (χ0n) is 11.3. The second-order valence-electron chi connectivity index (χ2n) is 4.89. The Balaban J connectivity index is 1.99. The number of hydrogen-bond donors (Lipinski definition) is 2. The van der Waals surface area contributed by atoms with Crippen LogP contribution in [0.4, 0.5) is 10.8 Å². The number of pyridine rings is 1. The van der Waals surface area contributed by atoms with Crippen molar-refractivity contribution in [3.63, 3.8) is 0 Å². The summed E-state index contributed by atoms with van der Waals surface area (Å²) >= 11 is 1.48. The van der Waals surface area contributed by atoms with Crippen LogP contribution in [0.2, 0.25) is 0 Å². The van der Waals surface area contributed by atoms with Gasteiger partial charge in [0.05, 0.1) is 4.88 Å². The first kappa shape index (κ1) is 12.9. The third-order valence-corrected chi connectivity index (χ3v) is 4.34. The van der Waals surface area contributed by atoms with Crippen LogP contribution < -0.4 is 5.32 Å². The van der Waals surface area contributed by atoms with Crippen molar-refractivity contribution in [3.8, 4) is 5.88 Å². The summed E-state index contributed by atoms with van der Waals surface area (Å²) < 4.78 is 0. The lowest BCUT2D eigenvalue weighted by molar-refractivity contribution is 0.449. The molecule has 102 valence electrons. The molecule has 0 aliphatic carbocycles. The summed E-state index contributed by atoms with van der Waals surface area (Å²) in [6.07, 6.45) is 3.60. The first-order valence-electron chi connectivity index (χ1n) is 6.44. The summed E-state index contributed by atoms with van der Waals surface area (Å²) in [4.78, 5) is 9.20. The second kappa shape index (κ2) is 5.09. The molecule has 0 aliphatic heterocycles. The highest BCUT2D eigenvalue weighted by Crippen LogP contribution is 2.36. The van der Waals surface area contributed by atoms with E-state index in [2.05, 4.69) is 15.3 Å². The van der Waals surface area contributed by atoms with Gasteiger partial charge in [0.2, 0.25) is 5.88 Å². The molecule has 2 N–H and O–H groups in total. The van der Waals surface area contributed by atoms with E-state index >= 15 is 0 Å². The maximum atomic E-state index is 9.84. The maximum Gasteiger partial charge on any atom is 0.227 e. The number of rotatable bonds is 3. The Labute approximate surface area is 121 Å². The van der Waals surface area contributed by atoms with Crippen molar-refractivity contribution >= 4 is 32.9 Å². The number of thiazole rings is 1. The largest absolute Gasteiger partial charge is 0.492 e. The highest BCUT2D eigenvalue weighted by molar-refractivity contribution is 7.16. The van der Waals surface area contributed by atoms with Crippen LogP contribution in [0.1, 0.15) is 24.6 Å². The molecular formula is C15H15N3OS. The van der Waals surface area contributed by atoms with E-state index in [0.29, 0.717) is 5.13 Å². The average molecular weight is 285 g/mol. The highest BCUT2D eigenvalue weighted by atomic mass is 32.1. The van der Waals surface area contributed by atoms with Gasteiger partial charge in [0.25, 0.3) is 0 Å². The zero-order valence-corrected chi connectivity index (χ0v) is 12.1. The molecule has 3 aromatic rings. The monoisotopic (exact) mass is 285 g/mol. The molecular weight excluding hydrogens is 270 g/mol. The molecule has 0 amide bonds. The summed E-state index contributed by atoms with van der Waals surface area (Å²) in [5, 5.41) is 16.0. The number of nitrogens with zero attached hydrogens (tertiary/aromatic N) is 2. The number of benzene rings is 1. The molecule has 0 saturated carbocycles. The first-order valence-corrected chi connectivity index (χ1v) is 7.26. The lowest BCUT2D eigenvalue weighted by Gasteiger charge is -2.06. The normalized spacial score (nSPS) is 11.2. The van der Waals surface area contributed by atoms with E-state index in [-0.39, 0.29) is 11.8 Å². The van der Waals surface area contributed by atoms with Gasteiger partial charge in [-0.25, -0.2) is 0 Å². The van der Waals surface area contributed by atoms with E-state index in [1.807, 2.05) is 44.3 Å². The fraction of sp³-hybridized carbons (Fsp3) is 0.200. The molecule has 2 heterocycles. The summed E-state index contributed by atoms with van der Waals surface area (Å²) in [5.41, 5.74) is 0.967. The first-order chi connectivity index (χ1) is 9.65. The summed E-state index contributed by atoms with van der Waals surface area (Å²) in [6.45, 7) is 4.08. The molecule has 2 aromatic heterocycles. The van der Waals surface area contributed by atoms with Crippen LogP contribution in [0.5, 0.6) is 5.88 Å². The van der Waals surface area contributed by atoms with E-state index in [4.69, 9.17) is 0 Å². The van der Waals surface area contributed by atoms with Gasteiger partial charge in [0.1, 0.15) is 0 Å². The molecule has 0 atom stereocenters. The van der Waals surface area contributed by atoms with Gasteiger partial charge >= 0.3 is 0 Å². The molecule has 0 fully saturated rings. The molecule has 3 rings (SSSR count). The Morgan fingerprint density at radius 1 is 1.25 bits per heavy atom. The van der Waals surface area contributed by atoms with E-state index in [9.17, 15) is 5.11 Å². The minimum atomic E-state index is 0.120. The van der Waals surface area contributed by atoms with Crippen molar-refractivity contribution in [2.45, 2.75) is 19.8 Å². The van der Waals surface area contributed by atoms with Crippen molar-refractivity contribution in [3.05, 3.63) is 41.5 Å². The molecule has 0 bridgehead atoms. The lowest BCUT2D eigenvalue weighted by Crippen LogP contribution is -1.90. The molecule has 0 spiro atoms. The second-order valence-corrected chi connectivity index (χ2v) is 5.92. The Bertz CT molecular complexity index is 746. The van der Waals surface area contributed by atoms with E-state index < -0.39 is 0 Å². The van der Waals surface area contributed by atoms with Gasteiger partial charge in [0.15, 0.2) is 5.13 Å². The SMILES string of the molecule is CC(C)c1sc(Nc2cccc3cnccc23)nc1O. The number of aromatic nitrogens is 2. The third-order valence-electron chi connectivity index (χ3n) is 3.08. The third kappa shape index (κ3) is 2.32. The Hall–Kier alpha value is -2.14. The molecule has 0 unspecified atom stereocenters. The lowest BCUT2D eigenvalue weighted by atomic mass is 10.1. The summed E-state index contributed by atoms with van der Waals surface area (Å²) in [6, 6.07) is 7.96.